The van der Waals surface area contributed by atoms with E-state index in [1.165, 1.54) is 49.4 Å². The van der Waals surface area contributed by atoms with Gasteiger partial charge >= 0.3 is 10.1 Å². The number of hydrogen-bond acceptors (Lipinski definition) is 9. The summed E-state index contributed by atoms with van der Waals surface area (Å²) in [6.07, 6.45) is 1.36. The zero-order valence-electron chi connectivity index (χ0n) is 17.0. The molecule has 10 nitrogen and oxygen atoms in total. The smallest absolute Gasteiger partial charge is 0.339 e. The van der Waals surface area contributed by atoms with Crippen LogP contribution in [0.15, 0.2) is 74.5 Å². The van der Waals surface area contributed by atoms with Crippen molar-refractivity contribution in [3.8, 4) is 5.75 Å². The molecule has 0 saturated heterocycles. The molecule has 0 unspecified atom stereocenters. The molecule has 0 spiro atoms. The third-order valence-corrected chi connectivity index (χ3v) is 8.25. The molecule has 0 bridgehead atoms. The van der Waals surface area contributed by atoms with E-state index in [1.807, 2.05) is 0 Å². The molecule has 0 radical (unpaired) electrons. The van der Waals surface area contributed by atoms with Crippen molar-refractivity contribution in [1.29, 1.82) is 5.41 Å². The van der Waals surface area contributed by atoms with Crippen molar-refractivity contribution in [3.63, 3.8) is 0 Å². The van der Waals surface area contributed by atoms with Gasteiger partial charge in [-0.2, -0.15) is 17.8 Å². The molecule has 4 rings (SSSR count). The summed E-state index contributed by atoms with van der Waals surface area (Å²) in [7, 11) is -7.74. The molecule has 13 heteroatoms. The number of nitrogens with one attached hydrogen (secondary N) is 1. The number of carbonyl (C=O) groups excluding carboxylic acids is 1. The van der Waals surface area contributed by atoms with E-state index >= 15 is 0 Å². The van der Waals surface area contributed by atoms with Gasteiger partial charge in [-0.25, -0.2) is 13.3 Å². The lowest BCUT2D eigenvalue weighted by molar-refractivity contribution is -0.114. The van der Waals surface area contributed by atoms with Crippen molar-refractivity contribution < 1.29 is 25.8 Å². The maximum atomic E-state index is 12.4. The quantitative estimate of drug-likeness (QED) is 0.371. The van der Waals surface area contributed by atoms with Crippen molar-refractivity contribution in [1.82, 2.24) is 4.90 Å². The summed E-state index contributed by atoms with van der Waals surface area (Å²) in [6.45, 7) is 1.45. The summed E-state index contributed by atoms with van der Waals surface area (Å²) in [5.41, 5.74) is 0.320. The van der Waals surface area contributed by atoms with Gasteiger partial charge in [-0.15, -0.1) is 0 Å². The first-order valence-corrected chi connectivity index (χ1v) is 13.3. The number of sulfone groups is 1. The average molecular weight is 505 g/mol. The molecule has 0 aromatic heterocycles. The number of aliphatic imine (C=N–C) groups is 1. The van der Waals surface area contributed by atoms with E-state index in [0.717, 1.165) is 16.8 Å². The first kappa shape index (κ1) is 22.9. The van der Waals surface area contributed by atoms with Crippen LogP contribution in [0.4, 0.5) is 0 Å². The average Bonchev–Trinajstić information content (AvgIpc) is 3.23. The number of hydrogen-bond donors (Lipinski definition) is 1. The topological polar surface area (TPSA) is 146 Å². The molecule has 0 saturated carbocycles. The fourth-order valence-electron chi connectivity index (χ4n) is 2.88. The summed E-state index contributed by atoms with van der Waals surface area (Å²) in [5.74, 6) is -1.23. The maximum Gasteiger partial charge on any atom is 0.339 e. The largest absolute Gasteiger partial charge is 0.379 e. The lowest BCUT2D eigenvalue weighted by Crippen LogP contribution is -2.45. The Hall–Kier alpha value is -3.29. The molecule has 1 amide bonds. The molecule has 2 aliphatic rings. The predicted molar refractivity (Wildman–Crippen MR) is 125 cm³/mol. The van der Waals surface area contributed by atoms with Crippen molar-refractivity contribution in [3.05, 3.63) is 65.7 Å². The molecule has 2 aliphatic heterocycles. The van der Waals surface area contributed by atoms with Crippen LogP contribution in [0.25, 0.3) is 6.08 Å². The van der Waals surface area contributed by atoms with Crippen molar-refractivity contribution in [2.75, 3.05) is 5.75 Å². The molecule has 2 aromatic rings. The Balaban J connectivity index is 1.59. The molecule has 33 heavy (non-hydrogen) atoms. The molecule has 170 valence electrons. The van der Waals surface area contributed by atoms with Gasteiger partial charge in [0.2, 0.25) is 20.2 Å². The molecule has 0 aliphatic carbocycles. The van der Waals surface area contributed by atoms with E-state index in [0.29, 0.717) is 5.56 Å². The lowest BCUT2D eigenvalue weighted by atomic mass is 10.1. The van der Waals surface area contributed by atoms with E-state index in [2.05, 4.69) is 9.39 Å². The van der Waals surface area contributed by atoms with Crippen LogP contribution in [0.1, 0.15) is 12.5 Å². The standard InChI is InChI=1S/C20H16N4O6S3/c1-2-32(26,27)20-23-31-19-22-18(25)16(17(21)24(19)20)12-13-8-10-14(11-9-13)30-33(28,29)15-6-4-3-5-7-15/h3-12,21H,2H2,1H3/b16-12-,21-17?. The van der Waals surface area contributed by atoms with Gasteiger partial charge in [-0.05, 0) is 35.9 Å². The number of fused-ring (bicyclic) bond motifs is 1. The molecular weight excluding hydrogens is 488 g/mol. The molecule has 2 heterocycles. The third-order valence-electron chi connectivity index (χ3n) is 4.58. The minimum absolute atomic E-state index is 0.00374. The van der Waals surface area contributed by atoms with Gasteiger partial charge in [-0.3, -0.25) is 10.2 Å². The van der Waals surface area contributed by atoms with E-state index in [4.69, 9.17) is 9.59 Å². The van der Waals surface area contributed by atoms with Gasteiger partial charge in [0, 0.05) is 0 Å². The Morgan fingerprint density at radius 2 is 1.73 bits per heavy atom. The second-order valence-electron chi connectivity index (χ2n) is 6.73. The van der Waals surface area contributed by atoms with Gasteiger partial charge in [-0.1, -0.05) is 37.3 Å². The van der Waals surface area contributed by atoms with Crippen LogP contribution >= 0.6 is 11.9 Å². The SMILES string of the molecule is CCS(=O)(=O)C1=NSC2=NC(=O)/C(=C\c3ccc(OS(=O)(=O)c4ccccc4)cc3)C(=N)N21. The number of amides is 1. The first-order chi connectivity index (χ1) is 15.6. The van der Waals surface area contributed by atoms with Gasteiger partial charge in [0.25, 0.3) is 5.91 Å². The van der Waals surface area contributed by atoms with Crippen LogP contribution in [0.2, 0.25) is 0 Å². The summed E-state index contributed by atoms with van der Waals surface area (Å²) in [6, 6.07) is 13.5. The van der Waals surface area contributed by atoms with Gasteiger partial charge in [0.15, 0.2) is 0 Å². The minimum atomic E-state index is -4.00. The number of nitrogens with zero attached hydrogens (tertiary/aromatic N) is 3. The van der Waals surface area contributed by atoms with E-state index < -0.39 is 25.9 Å². The highest BCUT2D eigenvalue weighted by molar-refractivity contribution is 8.16. The molecule has 0 fully saturated rings. The number of rotatable bonds is 5. The third kappa shape index (κ3) is 4.47. The zero-order valence-corrected chi connectivity index (χ0v) is 19.4. The van der Waals surface area contributed by atoms with E-state index in [1.54, 1.807) is 18.2 Å². The monoisotopic (exact) mass is 504 g/mol. The van der Waals surface area contributed by atoms with E-state index in [-0.39, 0.29) is 38.1 Å². The van der Waals surface area contributed by atoms with Crippen LogP contribution in [0.3, 0.4) is 0 Å². The Bertz CT molecular complexity index is 1440. The second-order valence-corrected chi connectivity index (χ2v) is 11.2. The normalized spacial score (nSPS) is 17.6. The van der Waals surface area contributed by atoms with Gasteiger partial charge in [0.05, 0.1) is 23.3 Å². The fourth-order valence-corrected chi connectivity index (χ4v) is 5.79. The first-order valence-electron chi connectivity index (χ1n) is 9.43. The Kier molecular flexibility index (Phi) is 5.95. The summed E-state index contributed by atoms with van der Waals surface area (Å²) >= 11 is 0.720. The molecule has 1 N–H and O–H groups in total. The van der Waals surface area contributed by atoms with Crippen molar-refractivity contribution >= 4 is 60.1 Å². The van der Waals surface area contributed by atoms with E-state index in [9.17, 15) is 21.6 Å². The Labute approximate surface area is 194 Å². The van der Waals surface area contributed by atoms with Crippen LogP contribution in [-0.2, 0) is 24.7 Å². The lowest BCUT2D eigenvalue weighted by Gasteiger charge is -2.24. The number of amidine groups is 3. The fraction of sp³-hybridized carbons (Fsp3) is 0.100. The summed E-state index contributed by atoms with van der Waals surface area (Å²) < 4.78 is 58.3. The van der Waals surface area contributed by atoms with Crippen molar-refractivity contribution in [2.45, 2.75) is 11.8 Å². The second kappa shape index (κ2) is 8.57. The highest BCUT2D eigenvalue weighted by Crippen LogP contribution is 2.30. The number of carbonyl (C=O) groups is 1. The van der Waals surface area contributed by atoms with Gasteiger partial charge < -0.3 is 4.18 Å². The molecule has 2 aromatic carbocycles. The predicted octanol–water partition coefficient (Wildman–Crippen LogP) is 2.47. The maximum absolute atomic E-state index is 12.4. The van der Waals surface area contributed by atoms with Crippen LogP contribution < -0.4 is 4.18 Å². The summed E-state index contributed by atoms with van der Waals surface area (Å²) in [4.78, 5) is 17.3. The Morgan fingerprint density at radius 1 is 1.06 bits per heavy atom. The van der Waals surface area contributed by atoms with Crippen LogP contribution in [0.5, 0.6) is 5.75 Å². The van der Waals surface area contributed by atoms with Crippen LogP contribution in [-0.4, -0.2) is 49.6 Å². The Morgan fingerprint density at radius 3 is 2.36 bits per heavy atom. The highest BCUT2D eigenvalue weighted by atomic mass is 32.2. The molecular formula is C20H16N4O6S3. The number of benzene rings is 2. The van der Waals surface area contributed by atoms with Crippen LogP contribution in [0, 0.1) is 5.41 Å². The van der Waals surface area contributed by atoms with Gasteiger partial charge in [0.1, 0.15) is 16.5 Å². The van der Waals surface area contributed by atoms with Crippen molar-refractivity contribution in [2.24, 2.45) is 9.39 Å². The highest BCUT2D eigenvalue weighted by Gasteiger charge is 2.42. The minimum Gasteiger partial charge on any atom is -0.379 e. The summed E-state index contributed by atoms with van der Waals surface area (Å²) in [5, 5.41) is 8.05. The zero-order chi connectivity index (χ0) is 23.8. The molecule has 0 atom stereocenters.